The number of carbonyl (C=O) groups is 1. The van der Waals surface area contributed by atoms with Crippen LogP contribution in [0.15, 0.2) is 17.0 Å². The number of aryl methyl sites for hydroxylation is 1. The lowest BCUT2D eigenvalue weighted by Crippen LogP contribution is -2.07. The first kappa shape index (κ1) is 15.8. The summed E-state index contributed by atoms with van der Waals surface area (Å²) < 4.78 is 4.97. The van der Waals surface area contributed by atoms with Crippen molar-refractivity contribution in [3.05, 3.63) is 23.3 Å². The Morgan fingerprint density at radius 1 is 1.41 bits per heavy atom. The van der Waals surface area contributed by atoms with Gasteiger partial charge in [-0.3, -0.25) is 0 Å². The molecule has 1 aromatic carbocycles. The fourth-order valence-corrected chi connectivity index (χ4v) is 1.85. The minimum Gasteiger partial charge on any atom is -0.462 e. The molecule has 0 bridgehead atoms. The molecule has 0 aliphatic heterocycles. The Morgan fingerprint density at radius 3 is 2.47 bits per heavy atom. The second-order valence-electron chi connectivity index (χ2n) is 3.13. The standard InChI is InChI=1S/C11H15NO2S.C2H6/c1-4-14-11(13)8-5-7(2)9(12)6-10(8)15-3;1-2/h5-6H,4,12H2,1-3H3;1-2H3. The molecule has 0 saturated carbocycles. The van der Waals surface area contributed by atoms with Gasteiger partial charge in [0, 0.05) is 10.6 Å². The van der Waals surface area contributed by atoms with Gasteiger partial charge >= 0.3 is 5.97 Å². The van der Waals surface area contributed by atoms with Gasteiger partial charge in [-0.15, -0.1) is 11.8 Å². The lowest BCUT2D eigenvalue weighted by molar-refractivity contribution is 0.0522. The fraction of sp³-hybridized carbons (Fsp3) is 0.462. The molecule has 3 nitrogen and oxygen atoms in total. The predicted molar refractivity (Wildman–Crippen MR) is 74.7 cm³/mol. The minimum atomic E-state index is -0.287. The van der Waals surface area contributed by atoms with E-state index < -0.39 is 0 Å². The highest BCUT2D eigenvalue weighted by Gasteiger charge is 2.13. The summed E-state index contributed by atoms with van der Waals surface area (Å²) in [6.45, 7) is 8.05. The number of anilines is 1. The van der Waals surface area contributed by atoms with Gasteiger partial charge in [-0.25, -0.2) is 4.79 Å². The van der Waals surface area contributed by atoms with Crippen LogP contribution in [0.2, 0.25) is 0 Å². The van der Waals surface area contributed by atoms with E-state index in [0.29, 0.717) is 17.9 Å². The molecule has 2 N–H and O–H groups in total. The van der Waals surface area contributed by atoms with Crippen molar-refractivity contribution in [2.45, 2.75) is 32.6 Å². The van der Waals surface area contributed by atoms with Crippen LogP contribution in [-0.2, 0) is 4.74 Å². The maximum atomic E-state index is 11.6. The van der Waals surface area contributed by atoms with Crippen molar-refractivity contribution in [2.24, 2.45) is 0 Å². The van der Waals surface area contributed by atoms with Crippen LogP contribution in [0.4, 0.5) is 5.69 Å². The molecule has 0 radical (unpaired) electrons. The first-order chi connectivity index (χ1) is 8.10. The number of hydrogen-bond acceptors (Lipinski definition) is 4. The van der Waals surface area contributed by atoms with Crippen molar-refractivity contribution < 1.29 is 9.53 Å². The van der Waals surface area contributed by atoms with E-state index in [-0.39, 0.29) is 5.97 Å². The van der Waals surface area contributed by atoms with E-state index in [1.54, 1.807) is 13.0 Å². The predicted octanol–water partition coefficient (Wildman–Crippen LogP) is 3.50. The third-order valence-electron chi connectivity index (χ3n) is 2.08. The number of ether oxygens (including phenoxy) is 1. The molecule has 0 atom stereocenters. The van der Waals surface area contributed by atoms with E-state index in [1.807, 2.05) is 33.1 Å². The van der Waals surface area contributed by atoms with Crippen LogP contribution in [0.5, 0.6) is 0 Å². The molecule has 4 heteroatoms. The summed E-state index contributed by atoms with van der Waals surface area (Å²) in [7, 11) is 0. The quantitative estimate of drug-likeness (QED) is 0.510. The molecule has 17 heavy (non-hydrogen) atoms. The van der Waals surface area contributed by atoms with Gasteiger partial charge in [0.1, 0.15) is 0 Å². The lowest BCUT2D eigenvalue weighted by Gasteiger charge is -2.09. The van der Waals surface area contributed by atoms with E-state index >= 15 is 0 Å². The lowest BCUT2D eigenvalue weighted by atomic mass is 10.1. The third kappa shape index (κ3) is 4.30. The zero-order valence-corrected chi connectivity index (χ0v) is 12.0. The Hall–Kier alpha value is -1.16. The van der Waals surface area contributed by atoms with E-state index in [9.17, 15) is 4.79 Å². The average Bonchev–Trinajstić information content (AvgIpc) is 2.34. The number of benzene rings is 1. The summed E-state index contributed by atoms with van der Waals surface area (Å²) >= 11 is 1.49. The van der Waals surface area contributed by atoms with Crippen LogP contribution >= 0.6 is 11.8 Å². The van der Waals surface area contributed by atoms with Gasteiger partial charge in [-0.2, -0.15) is 0 Å². The second kappa shape index (κ2) is 8.01. The highest BCUT2D eigenvalue weighted by molar-refractivity contribution is 7.98. The van der Waals surface area contributed by atoms with Gasteiger partial charge < -0.3 is 10.5 Å². The zero-order valence-electron chi connectivity index (χ0n) is 11.2. The van der Waals surface area contributed by atoms with Crippen molar-refractivity contribution >= 4 is 23.4 Å². The van der Waals surface area contributed by atoms with Crippen LogP contribution in [0.1, 0.15) is 36.7 Å². The molecule has 0 saturated heterocycles. The highest BCUT2D eigenvalue weighted by Crippen LogP contribution is 2.26. The molecule has 0 spiro atoms. The SMILES string of the molecule is CC.CCOC(=O)c1cc(C)c(N)cc1SC. The molecule has 0 aliphatic rings. The zero-order chi connectivity index (χ0) is 13.4. The molecule has 0 amide bonds. The van der Waals surface area contributed by atoms with Crippen molar-refractivity contribution in [2.75, 3.05) is 18.6 Å². The number of nitrogens with two attached hydrogens (primary N) is 1. The number of nitrogen functional groups attached to an aromatic ring is 1. The molecule has 0 aromatic heterocycles. The molecule has 1 rings (SSSR count). The number of esters is 1. The highest BCUT2D eigenvalue weighted by atomic mass is 32.2. The first-order valence-electron chi connectivity index (χ1n) is 5.71. The van der Waals surface area contributed by atoms with Gasteiger partial charge in [0.15, 0.2) is 0 Å². The summed E-state index contributed by atoms with van der Waals surface area (Å²) in [5.74, 6) is -0.287. The van der Waals surface area contributed by atoms with E-state index in [1.165, 1.54) is 11.8 Å². The molecular formula is C13H21NO2S. The van der Waals surface area contributed by atoms with Gasteiger partial charge in [0.05, 0.1) is 12.2 Å². The number of hydrogen-bond donors (Lipinski definition) is 1. The Bertz CT molecular complexity index is 378. The van der Waals surface area contributed by atoms with E-state index in [0.717, 1.165) is 10.5 Å². The average molecular weight is 255 g/mol. The van der Waals surface area contributed by atoms with Crippen LogP contribution in [0, 0.1) is 6.92 Å². The fourth-order valence-electron chi connectivity index (χ4n) is 1.24. The van der Waals surface area contributed by atoms with Crippen LogP contribution in [0.3, 0.4) is 0 Å². The molecule has 0 unspecified atom stereocenters. The molecule has 0 aliphatic carbocycles. The molecule has 0 fully saturated rings. The number of thioether (sulfide) groups is 1. The summed E-state index contributed by atoms with van der Waals surface area (Å²) in [6, 6.07) is 3.59. The van der Waals surface area contributed by atoms with Crippen LogP contribution in [0.25, 0.3) is 0 Å². The Labute approximate surface area is 108 Å². The topological polar surface area (TPSA) is 52.3 Å². The summed E-state index contributed by atoms with van der Waals surface area (Å²) in [5.41, 5.74) is 7.97. The van der Waals surface area contributed by atoms with Crippen LogP contribution < -0.4 is 5.73 Å². The monoisotopic (exact) mass is 255 g/mol. The third-order valence-corrected chi connectivity index (χ3v) is 2.86. The van der Waals surface area contributed by atoms with Gasteiger partial charge in [0.2, 0.25) is 0 Å². The number of rotatable bonds is 3. The maximum absolute atomic E-state index is 11.6. The Morgan fingerprint density at radius 2 is 2.00 bits per heavy atom. The molecule has 1 aromatic rings. The van der Waals surface area contributed by atoms with Gasteiger partial charge in [-0.05, 0) is 37.8 Å². The second-order valence-corrected chi connectivity index (χ2v) is 3.98. The first-order valence-corrected chi connectivity index (χ1v) is 6.93. The summed E-state index contributed by atoms with van der Waals surface area (Å²) in [4.78, 5) is 12.5. The van der Waals surface area contributed by atoms with E-state index in [2.05, 4.69) is 0 Å². The summed E-state index contributed by atoms with van der Waals surface area (Å²) in [6.07, 6.45) is 1.91. The molecule has 0 heterocycles. The van der Waals surface area contributed by atoms with Crippen molar-refractivity contribution in [1.82, 2.24) is 0 Å². The van der Waals surface area contributed by atoms with E-state index in [4.69, 9.17) is 10.5 Å². The molecule has 96 valence electrons. The molecular weight excluding hydrogens is 234 g/mol. The van der Waals surface area contributed by atoms with Crippen molar-refractivity contribution in [1.29, 1.82) is 0 Å². The van der Waals surface area contributed by atoms with Gasteiger partial charge in [0.25, 0.3) is 0 Å². The van der Waals surface area contributed by atoms with Crippen molar-refractivity contribution in [3.8, 4) is 0 Å². The smallest absolute Gasteiger partial charge is 0.339 e. The normalized spacial score (nSPS) is 9.24. The van der Waals surface area contributed by atoms with Gasteiger partial charge in [-0.1, -0.05) is 13.8 Å². The maximum Gasteiger partial charge on any atom is 0.339 e. The minimum absolute atomic E-state index is 0.287. The largest absolute Gasteiger partial charge is 0.462 e. The van der Waals surface area contributed by atoms with Crippen molar-refractivity contribution in [3.63, 3.8) is 0 Å². The summed E-state index contributed by atoms with van der Waals surface area (Å²) in [5, 5.41) is 0. The number of carbonyl (C=O) groups excluding carboxylic acids is 1. The Kier molecular flexibility index (Phi) is 7.46. The Balaban J connectivity index is 0.00000121. The van der Waals surface area contributed by atoms with Crippen LogP contribution in [-0.4, -0.2) is 18.8 Å².